The van der Waals surface area contributed by atoms with Crippen LogP contribution in [-0.2, 0) is 11.3 Å². The largest absolute Gasteiger partial charge is 0.497 e. The van der Waals surface area contributed by atoms with E-state index in [1.165, 1.54) is 24.8 Å². The van der Waals surface area contributed by atoms with Crippen LogP contribution in [0, 0.1) is 0 Å². The Morgan fingerprint density at radius 1 is 1.22 bits per heavy atom. The molecule has 0 aliphatic heterocycles. The number of carbonyl (C=O) groups is 1. The molecule has 0 heterocycles. The number of benzene rings is 1. The Kier molecular flexibility index (Phi) is 11.2. The molecule has 1 aromatic carbocycles. The molecule has 1 aliphatic carbocycles. The van der Waals surface area contributed by atoms with E-state index in [2.05, 4.69) is 15.6 Å². The number of hydrogen-bond donors (Lipinski definition) is 2. The molecule has 1 amide bonds. The van der Waals surface area contributed by atoms with Crippen molar-refractivity contribution in [1.82, 2.24) is 15.5 Å². The number of aliphatic imine (C=N–C) groups is 1. The predicted octanol–water partition coefficient (Wildman–Crippen LogP) is 3.16. The summed E-state index contributed by atoms with van der Waals surface area (Å²) in [6.45, 7) is 1.32. The molecule has 0 unspecified atom stereocenters. The second-order valence-corrected chi connectivity index (χ2v) is 6.83. The summed E-state index contributed by atoms with van der Waals surface area (Å²) in [7, 11) is 5.41. The average Bonchev–Trinajstić information content (AvgIpc) is 2.66. The molecule has 0 aromatic heterocycles. The van der Waals surface area contributed by atoms with Crippen LogP contribution >= 0.6 is 24.0 Å². The molecule has 2 rings (SSSR count). The van der Waals surface area contributed by atoms with Gasteiger partial charge in [0.2, 0.25) is 5.91 Å². The lowest BCUT2D eigenvalue weighted by molar-refractivity contribution is -0.121. The van der Waals surface area contributed by atoms with E-state index in [0.29, 0.717) is 19.0 Å². The fourth-order valence-corrected chi connectivity index (χ4v) is 3.30. The van der Waals surface area contributed by atoms with Crippen molar-refractivity contribution in [3.05, 3.63) is 29.8 Å². The lowest BCUT2D eigenvalue weighted by Crippen LogP contribution is -2.41. The van der Waals surface area contributed by atoms with Gasteiger partial charge >= 0.3 is 0 Å². The number of guanidine groups is 1. The maximum Gasteiger partial charge on any atom is 0.221 e. The standard InChI is InChI=1S/C20H32N4O2.HI/c1-21-20(24(2)15-16-9-11-18(26-3)12-10-16)22-14-13-19(25)23-17-7-5-4-6-8-17;/h9-12,17H,4-8,13-15H2,1-3H3,(H,21,22)(H,23,25);1H. The van der Waals surface area contributed by atoms with Crippen LogP contribution in [0.4, 0.5) is 0 Å². The molecule has 0 spiro atoms. The highest BCUT2D eigenvalue weighted by Gasteiger charge is 2.15. The molecule has 27 heavy (non-hydrogen) atoms. The van der Waals surface area contributed by atoms with E-state index < -0.39 is 0 Å². The molecule has 0 saturated heterocycles. The minimum absolute atomic E-state index is 0. The van der Waals surface area contributed by atoms with Gasteiger partial charge in [0.15, 0.2) is 5.96 Å². The minimum Gasteiger partial charge on any atom is -0.497 e. The van der Waals surface area contributed by atoms with E-state index >= 15 is 0 Å². The van der Waals surface area contributed by atoms with E-state index in [4.69, 9.17) is 4.74 Å². The zero-order chi connectivity index (χ0) is 18.8. The number of halogens is 1. The van der Waals surface area contributed by atoms with Crippen LogP contribution in [0.1, 0.15) is 44.1 Å². The summed E-state index contributed by atoms with van der Waals surface area (Å²) < 4.78 is 5.19. The molecule has 0 atom stereocenters. The lowest BCUT2D eigenvalue weighted by Gasteiger charge is -2.24. The van der Waals surface area contributed by atoms with Crippen LogP contribution < -0.4 is 15.4 Å². The van der Waals surface area contributed by atoms with E-state index in [0.717, 1.165) is 31.1 Å². The Bertz CT molecular complexity index is 586. The zero-order valence-corrected chi connectivity index (χ0v) is 19.0. The summed E-state index contributed by atoms with van der Waals surface area (Å²) >= 11 is 0. The van der Waals surface area contributed by atoms with E-state index in [9.17, 15) is 4.79 Å². The van der Waals surface area contributed by atoms with Gasteiger partial charge in [0.1, 0.15) is 5.75 Å². The molecule has 1 aromatic rings. The fraction of sp³-hybridized carbons (Fsp3) is 0.600. The number of nitrogens with zero attached hydrogens (tertiary/aromatic N) is 2. The van der Waals surface area contributed by atoms with Crippen molar-refractivity contribution in [1.29, 1.82) is 0 Å². The van der Waals surface area contributed by atoms with Crippen molar-refractivity contribution in [3.8, 4) is 5.75 Å². The summed E-state index contributed by atoms with van der Waals surface area (Å²) in [5.74, 6) is 1.76. The van der Waals surface area contributed by atoms with Crippen LogP contribution in [0.2, 0.25) is 0 Å². The predicted molar refractivity (Wildman–Crippen MR) is 121 cm³/mol. The highest BCUT2D eigenvalue weighted by atomic mass is 127. The van der Waals surface area contributed by atoms with E-state index in [1.54, 1.807) is 14.2 Å². The molecule has 1 fully saturated rings. The smallest absolute Gasteiger partial charge is 0.221 e. The molecule has 2 N–H and O–H groups in total. The minimum atomic E-state index is 0. The molecular weight excluding hydrogens is 455 g/mol. The first-order valence-electron chi connectivity index (χ1n) is 9.46. The van der Waals surface area contributed by atoms with Gasteiger partial charge in [-0.1, -0.05) is 31.4 Å². The molecule has 6 nitrogen and oxygen atoms in total. The second-order valence-electron chi connectivity index (χ2n) is 6.83. The third-order valence-electron chi connectivity index (χ3n) is 4.76. The van der Waals surface area contributed by atoms with Gasteiger partial charge in [-0.3, -0.25) is 9.79 Å². The second kappa shape index (κ2) is 12.8. The SMILES string of the molecule is CN=C(NCCC(=O)NC1CCCCC1)N(C)Cc1ccc(OC)cc1.I. The number of hydrogen-bond acceptors (Lipinski definition) is 3. The molecule has 1 aliphatic rings. The molecule has 1 saturated carbocycles. The van der Waals surface area contributed by atoms with Crippen molar-refractivity contribution in [2.45, 2.75) is 51.1 Å². The van der Waals surface area contributed by atoms with Crippen LogP contribution in [0.25, 0.3) is 0 Å². The number of ether oxygens (including phenoxy) is 1. The highest BCUT2D eigenvalue weighted by molar-refractivity contribution is 14.0. The van der Waals surface area contributed by atoms with Gasteiger partial charge in [-0.2, -0.15) is 0 Å². The van der Waals surface area contributed by atoms with Crippen LogP contribution in [0.15, 0.2) is 29.3 Å². The van der Waals surface area contributed by atoms with E-state index in [1.807, 2.05) is 36.2 Å². The highest BCUT2D eigenvalue weighted by Crippen LogP contribution is 2.17. The van der Waals surface area contributed by atoms with Gasteiger partial charge in [0, 0.05) is 39.6 Å². The van der Waals surface area contributed by atoms with Crippen molar-refractivity contribution in [3.63, 3.8) is 0 Å². The maximum atomic E-state index is 12.1. The summed E-state index contributed by atoms with van der Waals surface area (Å²) in [6.07, 6.45) is 6.45. The van der Waals surface area contributed by atoms with Crippen molar-refractivity contribution < 1.29 is 9.53 Å². The van der Waals surface area contributed by atoms with Gasteiger partial charge in [-0.05, 0) is 30.5 Å². The summed E-state index contributed by atoms with van der Waals surface area (Å²) in [6, 6.07) is 8.36. The Hall–Kier alpha value is -1.51. The lowest BCUT2D eigenvalue weighted by atomic mass is 9.95. The van der Waals surface area contributed by atoms with Gasteiger partial charge < -0.3 is 20.3 Å². The number of carbonyl (C=O) groups excluding carboxylic acids is 1. The summed E-state index contributed by atoms with van der Waals surface area (Å²) in [5, 5.41) is 6.42. The van der Waals surface area contributed by atoms with Crippen LogP contribution in [-0.4, -0.2) is 50.6 Å². The quantitative estimate of drug-likeness (QED) is 0.352. The third kappa shape index (κ3) is 8.36. The number of rotatable bonds is 7. The molecular formula is C20H33IN4O2. The monoisotopic (exact) mass is 488 g/mol. The first-order valence-corrected chi connectivity index (χ1v) is 9.46. The Morgan fingerprint density at radius 3 is 2.48 bits per heavy atom. The zero-order valence-electron chi connectivity index (χ0n) is 16.7. The van der Waals surface area contributed by atoms with Gasteiger partial charge in [0.05, 0.1) is 7.11 Å². The Balaban J connectivity index is 0.00000364. The van der Waals surface area contributed by atoms with Crippen LogP contribution in [0.3, 0.4) is 0 Å². The summed E-state index contributed by atoms with van der Waals surface area (Å²) in [5.41, 5.74) is 1.17. The Morgan fingerprint density at radius 2 is 1.89 bits per heavy atom. The van der Waals surface area contributed by atoms with Crippen molar-refractivity contribution in [2.75, 3.05) is 27.7 Å². The van der Waals surface area contributed by atoms with E-state index in [-0.39, 0.29) is 29.9 Å². The maximum absolute atomic E-state index is 12.1. The van der Waals surface area contributed by atoms with Gasteiger partial charge in [0.25, 0.3) is 0 Å². The summed E-state index contributed by atoms with van der Waals surface area (Å²) in [4.78, 5) is 18.4. The number of methoxy groups -OCH3 is 1. The number of nitrogens with one attached hydrogen (secondary N) is 2. The number of amides is 1. The van der Waals surface area contributed by atoms with Gasteiger partial charge in [-0.15, -0.1) is 24.0 Å². The first-order chi connectivity index (χ1) is 12.6. The molecule has 152 valence electrons. The Labute approximate surface area is 180 Å². The molecule has 0 radical (unpaired) electrons. The van der Waals surface area contributed by atoms with Gasteiger partial charge in [-0.25, -0.2) is 0 Å². The van der Waals surface area contributed by atoms with Crippen LogP contribution in [0.5, 0.6) is 5.75 Å². The normalized spacial score (nSPS) is 14.9. The third-order valence-corrected chi connectivity index (χ3v) is 4.76. The van der Waals surface area contributed by atoms with Crippen molar-refractivity contribution >= 4 is 35.8 Å². The average molecular weight is 488 g/mol. The topological polar surface area (TPSA) is 66.0 Å². The fourth-order valence-electron chi connectivity index (χ4n) is 3.30. The molecule has 7 heteroatoms. The first kappa shape index (κ1) is 23.5. The van der Waals surface area contributed by atoms with Crippen molar-refractivity contribution in [2.24, 2.45) is 4.99 Å². The molecule has 0 bridgehead atoms.